The van der Waals surface area contributed by atoms with Gasteiger partial charge in [-0.15, -0.1) is 0 Å². The van der Waals surface area contributed by atoms with Crippen LogP contribution in [0.15, 0.2) is 34.9 Å². The summed E-state index contributed by atoms with van der Waals surface area (Å²) < 4.78 is 5.41. The second-order valence-electron chi connectivity index (χ2n) is 3.18. The third kappa shape index (κ3) is 2.50. The van der Waals surface area contributed by atoms with Crippen LogP contribution in [-0.2, 0) is 6.42 Å². The fraction of sp³-hybridized carbons (Fsp3) is 0.182. The molecule has 0 spiro atoms. The van der Waals surface area contributed by atoms with E-state index in [9.17, 15) is 0 Å². The van der Waals surface area contributed by atoms with Crippen molar-refractivity contribution in [1.29, 1.82) is 0 Å². The molecule has 0 saturated heterocycles. The summed E-state index contributed by atoms with van der Waals surface area (Å²) in [7, 11) is 1.78. The van der Waals surface area contributed by atoms with Gasteiger partial charge in [-0.25, -0.2) is 4.98 Å². The second kappa shape index (κ2) is 4.36. The third-order valence-corrected chi connectivity index (χ3v) is 2.31. The summed E-state index contributed by atoms with van der Waals surface area (Å²) >= 11 is 5.80. The van der Waals surface area contributed by atoms with E-state index in [1.165, 1.54) is 0 Å². The first kappa shape index (κ1) is 10.1. The van der Waals surface area contributed by atoms with Gasteiger partial charge in [-0.1, -0.05) is 23.7 Å². The number of rotatable bonds is 3. The molecule has 1 aromatic heterocycles. The van der Waals surface area contributed by atoms with Crippen molar-refractivity contribution in [2.75, 3.05) is 12.4 Å². The Morgan fingerprint density at radius 2 is 2.07 bits per heavy atom. The summed E-state index contributed by atoms with van der Waals surface area (Å²) in [5.74, 6) is 0.835. The zero-order chi connectivity index (χ0) is 10.7. The molecule has 0 bridgehead atoms. The first-order valence-corrected chi connectivity index (χ1v) is 5.02. The molecule has 1 N–H and O–H groups in total. The molecule has 0 aliphatic carbocycles. The lowest BCUT2D eigenvalue weighted by Crippen LogP contribution is -1.86. The van der Waals surface area contributed by atoms with E-state index in [0.29, 0.717) is 6.01 Å². The van der Waals surface area contributed by atoms with E-state index in [4.69, 9.17) is 16.0 Å². The number of nitrogens with one attached hydrogen (secondary N) is 1. The fourth-order valence-corrected chi connectivity index (χ4v) is 1.43. The van der Waals surface area contributed by atoms with E-state index < -0.39 is 0 Å². The number of hydrogen-bond donors (Lipinski definition) is 1. The predicted octanol–water partition coefficient (Wildman–Crippen LogP) is 2.96. The van der Waals surface area contributed by atoms with Crippen molar-refractivity contribution in [2.45, 2.75) is 6.42 Å². The van der Waals surface area contributed by atoms with E-state index in [1.807, 2.05) is 24.3 Å². The molecule has 1 aromatic carbocycles. The van der Waals surface area contributed by atoms with Crippen LogP contribution >= 0.6 is 11.6 Å². The van der Waals surface area contributed by atoms with Crippen LogP contribution in [0.3, 0.4) is 0 Å². The van der Waals surface area contributed by atoms with Gasteiger partial charge in [0.05, 0.1) is 6.20 Å². The molecular weight excluding hydrogens is 212 g/mol. The monoisotopic (exact) mass is 222 g/mol. The minimum atomic E-state index is 0.541. The summed E-state index contributed by atoms with van der Waals surface area (Å²) in [6.07, 6.45) is 2.45. The molecule has 3 nitrogen and oxygen atoms in total. The lowest BCUT2D eigenvalue weighted by molar-refractivity contribution is 0.530. The number of benzene rings is 1. The van der Waals surface area contributed by atoms with E-state index >= 15 is 0 Å². The van der Waals surface area contributed by atoms with Crippen molar-refractivity contribution >= 4 is 17.6 Å². The summed E-state index contributed by atoms with van der Waals surface area (Å²) in [6, 6.07) is 8.23. The van der Waals surface area contributed by atoms with Gasteiger partial charge in [0.25, 0.3) is 6.01 Å². The number of halogens is 1. The molecule has 4 heteroatoms. The average molecular weight is 223 g/mol. The van der Waals surface area contributed by atoms with Gasteiger partial charge in [0.1, 0.15) is 5.76 Å². The Morgan fingerprint density at radius 1 is 1.33 bits per heavy atom. The van der Waals surface area contributed by atoms with Crippen LogP contribution in [0.2, 0.25) is 5.02 Å². The number of anilines is 1. The van der Waals surface area contributed by atoms with Crippen LogP contribution < -0.4 is 5.32 Å². The van der Waals surface area contributed by atoms with Crippen LogP contribution in [0, 0.1) is 0 Å². The van der Waals surface area contributed by atoms with Gasteiger partial charge in [-0.05, 0) is 17.7 Å². The number of aromatic nitrogens is 1. The smallest absolute Gasteiger partial charge is 0.294 e. The van der Waals surface area contributed by atoms with Crippen LogP contribution in [0.5, 0.6) is 0 Å². The van der Waals surface area contributed by atoms with Crippen molar-refractivity contribution in [1.82, 2.24) is 4.98 Å². The standard InChI is InChI=1S/C11H11ClN2O/c1-13-11-14-7-10(15-11)6-8-2-4-9(12)5-3-8/h2-5,7H,6H2,1H3,(H,13,14). The number of hydrogen-bond acceptors (Lipinski definition) is 3. The highest BCUT2D eigenvalue weighted by molar-refractivity contribution is 6.30. The maximum atomic E-state index is 5.80. The Balaban J connectivity index is 2.11. The Bertz CT molecular complexity index is 436. The van der Waals surface area contributed by atoms with Crippen LogP contribution in [0.1, 0.15) is 11.3 Å². The lowest BCUT2D eigenvalue weighted by atomic mass is 10.1. The van der Waals surface area contributed by atoms with Gasteiger partial charge in [0.15, 0.2) is 0 Å². The van der Waals surface area contributed by atoms with Gasteiger partial charge in [0, 0.05) is 18.5 Å². The van der Waals surface area contributed by atoms with E-state index in [1.54, 1.807) is 13.2 Å². The van der Waals surface area contributed by atoms with Gasteiger partial charge in [-0.3, -0.25) is 0 Å². The fourth-order valence-electron chi connectivity index (χ4n) is 1.31. The molecule has 2 rings (SSSR count). The van der Waals surface area contributed by atoms with Crippen molar-refractivity contribution in [3.63, 3.8) is 0 Å². The van der Waals surface area contributed by atoms with E-state index in [-0.39, 0.29) is 0 Å². The largest absolute Gasteiger partial charge is 0.428 e. The summed E-state index contributed by atoms with van der Waals surface area (Å²) in [6.45, 7) is 0. The Labute approximate surface area is 93.1 Å². The van der Waals surface area contributed by atoms with Gasteiger partial charge in [-0.2, -0.15) is 0 Å². The molecule has 1 heterocycles. The first-order valence-electron chi connectivity index (χ1n) is 4.65. The molecule has 0 unspecified atom stereocenters. The number of nitrogens with zero attached hydrogens (tertiary/aromatic N) is 1. The highest BCUT2D eigenvalue weighted by Crippen LogP contribution is 2.15. The van der Waals surface area contributed by atoms with Crippen molar-refractivity contribution in [3.05, 3.63) is 46.8 Å². The molecule has 78 valence electrons. The molecule has 0 atom stereocenters. The van der Waals surface area contributed by atoms with Crippen LogP contribution in [0.25, 0.3) is 0 Å². The summed E-state index contributed by atoms with van der Waals surface area (Å²) in [4.78, 5) is 4.04. The predicted molar refractivity (Wildman–Crippen MR) is 60.3 cm³/mol. The molecule has 0 aliphatic heterocycles. The second-order valence-corrected chi connectivity index (χ2v) is 3.62. The lowest BCUT2D eigenvalue weighted by Gasteiger charge is -1.97. The normalized spacial score (nSPS) is 10.3. The van der Waals surface area contributed by atoms with Crippen molar-refractivity contribution in [2.24, 2.45) is 0 Å². The van der Waals surface area contributed by atoms with Gasteiger partial charge in [0.2, 0.25) is 0 Å². The minimum Gasteiger partial charge on any atom is -0.428 e. The molecule has 0 amide bonds. The Kier molecular flexibility index (Phi) is 2.92. The summed E-state index contributed by atoms with van der Waals surface area (Å²) in [5, 5.41) is 3.59. The zero-order valence-electron chi connectivity index (χ0n) is 8.33. The average Bonchev–Trinajstić information content (AvgIpc) is 2.69. The molecule has 0 aliphatic rings. The molecule has 2 aromatic rings. The Hall–Kier alpha value is -1.48. The topological polar surface area (TPSA) is 38.1 Å². The molecule has 15 heavy (non-hydrogen) atoms. The maximum absolute atomic E-state index is 5.80. The maximum Gasteiger partial charge on any atom is 0.294 e. The molecule has 0 fully saturated rings. The SMILES string of the molecule is CNc1ncc(Cc2ccc(Cl)cc2)o1. The van der Waals surface area contributed by atoms with Crippen molar-refractivity contribution < 1.29 is 4.42 Å². The Morgan fingerprint density at radius 3 is 2.67 bits per heavy atom. The van der Waals surface area contributed by atoms with Gasteiger partial charge >= 0.3 is 0 Å². The van der Waals surface area contributed by atoms with E-state index in [2.05, 4.69) is 10.3 Å². The van der Waals surface area contributed by atoms with Gasteiger partial charge < -0.3 is 9.73 Å². The van der Waals surface area contributed by atoms with E-state index in [0.717, 1.165) is 22.8 Å². The quantitative estimate of drug-likeness (QED) is 0.868. The third-order valence-electron chi connectivity index (χ3n) is 2.06. The first-order chi connectivity index (χ1) is 7.28. The van der Waals surface area contributed by atoms with Crippen molar-refractivity contribution in [3.8, 4) is 0 Å². The number of oxazole rings is 1. The molecule has 0 saturated carbocycles. The highest BCUT2D eigenvalue weighted by Gasteiger charge is 2.02. The van der Waals surface area contributed by atoms with Crippen LogP contribution in [0.4, 0.5) is 6.01 Å². The highest BCUT2D eigenvalue weighted by atomic mass is 35.5. The molecular formula is C11H11ClN2O. The molecule has 0 radical (unpaired) electrons. The van der Waals surface area contributed by atoms with Crippen LogP contribution in [-0.4, -0.2) is 12.0 Å². The zero-order valence-corrected chi connectivity index (χ0v) is 9.08. The minimum absolute atomic E-state index is 0.541. The summed E-state index contributed by atoms with van der Waals surface area (Å²) in [5.41, 5.74) is 1.15.